The molecule has 0 aliphatic carbocycles. The van der Waals surface area contributed by atoms with E-state index in [1.807, 2.05) is 60.7 Å². The summed E-state index contributed by atoms with van der Waals surface area (Å²) in [6.45, 7) is 6.98. The van der Waals surface area contributed by atoms with Gasteiger partial charge in [-0.15, -0.1) is 11.8 Å². The summed E-state index contributed by atoms with van der Waals surface area (Å²) in [4.78, 5) is 52.3. The summed E-state index contributed by atoms with van der Waals surface area (Å²) < 4.78 is 22.1. The van der Waals surface area contributed by atoms with Gasteiger partial charge in [0, 0.05) is 11.2 Å². The first-order chi connectivity index (χ1) is 20.8. The highest BCUT2D eigenvalue weighted by atomic mass is 32.2. The maximum atomic E-state index is 13.2. The number of benzene rings is 2. The fourth-order valence-electron chi connectivity index (χ4n) is 4.25. The average Bonchev–Trinajstić information content (AvgIpc) is 2.99. The number of hydrogen-bond acceptors (Lipinski definition) is 12. The molecule has 0 saturated heterocycles. The molecule has 3 rings (SSSR count). The van der Waals surface area contributed by atoms with E-state index in [-0.39, 0.29) is 26.4 Å². The van der Waals surface area contributed by atoms with E-state index >= 15 is 0 Å². The third-order valence-corrected chi connectivity index (χ3v) is 10.4. The van der Waals surface area contributed by atoms with Gasteiger partial charge in [0.05, 0.1) is 34.9 Å². The summed E-state index contributed by atoms with van der Waals surface area (Å²) in [6, 6.07) is 19.0. The van der Waals surface area contributed by atoms with Crippen LogP contribution in [0.5, 0.6) is 0 Å². The van der Waals surface area contributed by atoms with Gasteiger partial charge >= 0.3 is 23.9 Å². The zero-order valence-electron chi connectivity index (χ0n) is 24.3. The number of carbonyl (C=O) groups is 4. The van der Waals surface area contributed by atoms with Crippen LogP contribution in [-0.4, -0.2) is 70.3 Å². The highest BCUT2D eigenvalue weighted by Crippen LogP contribution is 2.55. The molecule has 0 fully saturated rings. The topological polar surface area (TPSA) is 105 Å². The Balaban J connectivity index is 2.27. The predicted molar refractivity (Wildman–Crippen MR) is 176 cm³/mol. The average molecular weight is 663 g/mol. The highest BCUT2D eigenvalue weighted by molar-refractivity contribution is 8.35. The van der Waals surface area contributed by atoms with Crippen LogP contribution in [-0.2, 0) is 38.1 Å². The fourth-order valence-corrected chi connectivity index (χ4v) is 9.34. The van der Waals surface area contributed by atoms with Gasteiger partial charge in [0.2, 0.25) is 10.5 Å². The molecule has 0 aromatic heterocycles. The molecule has 230 valence electrons. The second-order valence-corrected chi connectivity index (χ2v) is 13.2. The third kappa shape index (κ3) is 9.10. The Hall–Kier alpha value is -2.80. The summed E-state index contributed by atoms with van der Waals surface area (Å²) >= 11 is 9.33. The molecule has 0 saturated carbocycles. The molecule has 1 aliphatic heterocycles. The molecule has 2 atom stereocenters. The van der Waals surface area contributed by atoms with Crippen molar-refractivity contribution in [2.75, 3.05) is 26.4 Å². The standard InChI is InChI=1S/C31H34O8S4/c1-5-36-26(32)24(27(33)37-6-2)41-23-21(19-15-11-9-12-16-19)30(40)43-31(22(23)20-17-13-10-14-18-20)42-25(28(34)38-7-3)29(35)39-8-4/h9-18,21,23-25H,5-8H2,1-4H3. The predicted octanol–water partition coefficient (Wildman–Crippen LogP) is 6.04. The quantitative estimate of drug-likeness (QED) is 0.102. The van der Waals surface area contributed by atoms with Crippen molar-refractivity contribution in [1.82, 2.24) is 0 Å². The minimum absolute atomic E-state index is 0.0829. The van der Waals surface area contributed by atoms with Gasteiger partial charge in [-0.2, -0.15) is 0 Å². The van der Waals surface area contributed by atoms with Gasteiger partial charge in [0.1, 0.15) is 0 Å². The van der Waals surface area contributed by atoms with Gasteiger partial charge in [0.15, 0.2) is 0 Å². The molecule has 0 amide bonds. The Morgan fingerprint density at radius 3 is 1.63 bits per heavy atom. The first-order valence-electron chi connectivity index (χ1n) is 13.8. The maximum Gasteiger partial charge on any atom is 0.331 e. The van der Waals surface area contributed by atoms with Crippen LogP contribution in [0.1, 0.15) is 44.7 Å². The van der Waals surface area contributed by atoms with Crippen molar-refractivity contribution < 1.29 is 38.1 Å². The van der Waals surface area contributed by atoms with Crippen LogP contribution < -0.4 is 0 Å². The molecule has 12 heteroatoms. The zero-order chi connectivity index (χ0) is 31.4. The Morgan fingerprint density at radius 1 is 0.721 bits per heavy atom. The van der Waals surface area contributed by atoms with E-state index < -0.39 is 45.5 Å². The van der Waals surface area contributed by atoms with Crippen molar-refractivity contribution in [3.05, 3.63) is 76.0 Å². The number of hydrogen-bond donors (Lipinski definition) is 0. The van der Waals surface area contributed by atoms with Crippen molar-refractivity contribution in [3.8, 4) is 0 Å². The molecular weight excluding hydrogens is 629 g/mol. The van der Waals surface area contributed by atoms with Crippen LogP contribution in [0.2, 0.25) is 0 Å². The molecule has 2 aromatic carbocycles. The van der Waals surface area contributed by atoms with E-state index in [9.17, 15) is 19.2 Å². The number of thiocarbonyl (C=S) groups is 1. The van der Waals surface area contributed by atoms with Crippen LogP contribution >= 0.6 is 47.5 Å². The minimum Gasteiger partial charge on any atom is -0.465 e. The Labute approximate surface area is 270 Å². The molecular formula is C31H34O8S4. The van der Waals surface area contributed by atoms with Crippen LogP contribution in [0.15, 0.2) is 64.9 Å². The second-order valence-electron chi connectivity index (χ2n) is 8.82. The molecule has 0 spiro atoms. The van der Waals surface area contributed by atoms with Gasteiger partial charge in [-0.3, -0.25) is 19.2 Å². The molecule has 0 N–H and O–H groups in total. The summed E-state index contributed by atoms with van der Waals surface area (Å²) in [5.74, 6) is -3.34. The lowest BCUT2D eigenvalue weighted by molar-refractivity contribution is -0.154. The lowest BCUT2D eigenvalue weighted by Crippen LogP contribution is -2.37. The normalized spacial score (nSPS) is 16.7. The Kier molecular flexibility index (Phi) is 14.1. The molecule has 2 aromatic rings. The van der Waals surface area contributed by atoms with Gasteiger partial charge < -0.3 is 18.9 Å². The van der Waals surface area contributed by atoms with E-state index in [0.717, 1.165) is 34.7 Å². The van der Waals surface area contributed by atoms with E-state index in [2.05, 4.69) is 0 Å². The van der Waals surface area contributed by atoms with Gasteiger partial charge in [0.25, 0.3) is 0 Å². The third-order valence-electron chi connectivity index (χ3n) is 6.01. The first-order valence-corrected chi connectivity index (χ1v) is 16.9. The van der Waals surface area contributed by atoms with E-state index in [0.29, 0.717) is 14.0 Å². The zero-order valence-corrected chi connectivity index (χ0v) is 27.6. The summed E-state index contributed by atoms with van der Waals surface area (Å²) in [7, 11) is 0. The number of thioether (sulfide) groups is 3. The summed E-state index contributed by atoms with van der Waals surface area (Å²) in [5, 5.41) is -3.23. The van der Waals surface area contributed by atoms with Gasteiger partial charge in [-0.25, -0.2) is 0 Å². The van der Waals surface area contributed by atoms with Crippen LogP contribution in [0.4, 0.5) is 0 Å². The number of rotatable bonds is 14. The highest BCUT2D eigenvalue weighted by Gasteiger charge is 2.45. The van der Waals surface area contributed by atoms with Crippen molar-refractivity contribution >= 4 is 81.2 Å². The van der Waals surface area contributed by atoms with Crippen LogP contribution in [0.25, 0.3) is 5.57 Å². The van der Waals surface area contributed by atoms with Crippen molar-refractivity contribution in [2.45, 2.75) is 49.4 Å². The Morgan fingerprint density at radius 2 is 1.16 bits per heavy atom. The number of ether oxygens (including phenoxy) is 4. The molecule has 0 radical (unpaired) electrons. The molecule has 8 nitrogen and oxygen atoms in total. The smallest absolute Gasteiger partial charge is 0.331 e. The SMILES string of the molecule is CCOC(=O)C(SC1=C(c2ccccc2)C(SC(C(=O)OCC)C(=O)OCC)C(c2ccccc2)C(=S)S1)C(=O)OCC. The Bertz CT molecular complexity index is 1280. The molecule has 0 bridgehead atoms. The van der Waals surface area contributed by atoms with Crippen molar-refractivity contribution in [3.63, 3.8) is 0 Å². The van der Waals surface area contributed by atoms with Gasteiger partial charge in [-0.05, 0) is 44.4 Å². The van der Waals surface area contributed by atoms with Crippen LogP contribution in [0.3, 0.4) is 0 Å². The monoisotopic (exact) mass is 662 g/mol. The first kappa shape index (κ1) is 34.7. The van der Waals surface area contributed by atoms with Gasteiger partial charge in [-0.1, -0.05) is 96.4 Å². The molecule has 2 unspecified atom stereocenters. The van der Waals surface area contributed by atoms with E-state index in [1.165, 1.54) is 11.8 Å². The van der Waals surface area contributed by atoms with Crippen molar-refractivity contribution in [2.24, 2.45) is 0 Å². The second kappa shape index (κ2) is 17.5. The number of carbonyl (C=O) groups excluding carboxylic acids is 4. The fraction of sp³-hybridized carbons (Fsp3) is 0.387. The molecule has 43 heavy (non-hydrogen) atoms. The van der Waals surface area contributed by atoms with Crippen LogP contribution in [0, 0.1) is 0 Å². The molecule has 1 heterocycles. The summed E-state index contributed by atoms with van der Waals surface area (Å²) in [5.41, 5.74) is 2.37. The number of esters is 4. The lowest BCUT2D eigenvalue weighted by Gasteiger charge is -2.37. The maximum absolute atomic E-state index is 13.2. The molecule has 1 aliphatic rings. The van der Waals surface area contributed by atoms with E-state index in [4.69, 9.17) is 31.2 Å². The van der Waals surface area contributed by atoms with E-state index in [1.54, 1.807) is 27.7 Å². The minimum atomic E-state index is -1.31. The summed E-state index contributed by atoms with van der Waals surface area (Å²) in [6.07, 6.45) is 0. The largest absolute Gasteiger partial charge is 0.465 e. The lowest BCUT2D eigenvalue weighted by atomic mass is 9.90. The van der Waals surface area contributed by atoms with Crippen molar-refractivity contribution in [1.29, 1.82) is 0 Å².